The summed E-state index contributed by atoms with van der Waals surface area (Å²) in [5, 5.41) is 3.01. The highest BCUT2D eigenvalue weighted by molar-refractivity contribution is 5.38. The first-order valence-electron chi connectivity index (χ1n) is 7.96. The van der Waals surface area contributed by atoms with Crippen molar-refractivity contribution in [3.63, 3.8) is 0 Å². The summed E-state index contributed by atoms with van der Waals surface area (Å²) in [6.07, 6.45) is 4.59. The molecule has 0 fully saturated rings. The fourth-order valence-corrected chi connectivity index (χ4v) is 2.51. The Kier molecular flexibility index (Phi) is 5.18. The van der Waals surface area contributed by atoms with Gasteiger partial charge in [0.2, 0.25) is 0 Å². The molecular formula is C19H17F2N3O. The summed E-state index contributed by atoms with van der Waals surface area (Å²) < 4.78 is 27.7. The topological polar surface area (TPSA) is 46.9 Å². The number of benzene rings is 2. The van der Waals surface area contributed by atoms with Gasteiger partial charge in [-0.05, 0) is 30.5 Å². The normalized spacial score (nSPS) is 10.6. The van der Waals surface area contributed by atoms with E-state index in [4.69, 9.17) is 0 Å². The number of hydrogen-bond donors (Lipinski definition) is 1. The van der Waals surface area contributed by atoms with Crippen LogP contribution >= 0.6 is 0 Å². The van der Waals surface area contributed by atoms with Gasteiger partial charge >= 0.3 is 0 Å². The number of aromatic nitrogens is 2. The van der Waals surface area contributed by atoms with E-state index < -0.39 is 17.2 Å². The highest BCUT2D eigenvalue weighted by Crippen LogP contribution is 2.12. The SMILES string of the molecule is O=c1c(NCCCc2ccccc2)nccn1-c1ccc(F)c(F)c1. The van der Waals surface area contributed by atoms with Crippen molar-refractivity contribution in [2.24, 2.45) is 0 Å². The van der Waals surface area contributed by atoms with Crippen molar-refractivity contribution < 1.29 is 8.78 Å². The van der Waals surface area contributed by atoms with Crippen LogP contribution in [-0.4, -0.2) is 16.1 Å². The van der Waals surface area contributed by atoms with E-state index in [1.165, 1.54) is 28.6 Å². The van der Waals surface area contributed by atoms with Gasteiger partial charge in [-0.25, -0.2) is 13.8 Å². The lowest BCUT2D eigenvalue weighted by molar-refractivity contribution is 0.508. The van der Waals surface area contributed by atoms with Crippen molar-refractivity contribution in [3.8, 4) is 5.69 Å². The Labute approximate surface area is 143 Å². The Morgan fingerprint density at radius 1 is 1.04 bits per heavy atom. The Morgan fingerprint density at radius 3 is 2.60 bits per heavy atom. The van der Waals surface area contributed by atoms with Crippen molar-refractivity contribution in [2.45, 2.75) is 12.8 Å². The standard InChI is InChI=1S/C19H17F2N3O/c20-16-9-8-15(13-17(16)21)24-12-11-23-18(19(24)25)22-10-4-7-14-5-2-1-3-6-14/h1-3,5-6,8-9,11-13H,4,7,10H2,(H,22,23). The molecule has 128 valence electrons. The minimum Gasteiger partial charge on any atom is -0.365 e. The third-order valence-corrected chi connectivity index (χ3v) is 3.80. The zero-order chi connectivity index (χ0) is 17.6. The molecular weight excluding hydrogens is 324 g/mol. The van der Waals surface area contributed by atoms with Crippen LogP contribution < -0.4 is 10.9 Å². The van der Waals surface area contributed by atoms with E-state index in [9.17, 15) is 13.6 Å². The monoisotopic (exact) mass is 341 g/mol. The first kappa shape index (κ1) is 16.8. The predicted molar refractivity (Wildman–Crippen MR) is 93.0 cm³/mol. The molecule has 1 aromatic heterocycles. The fourth-order valence-electron chi connectivity index (χ4n) is 2.51. The van der Waals surface area contributed by atoms with Gasteiger partial charge in [0.25, 0.3) is 5.56 Å². The molecule has 4 nitrogen and oxygen atoms in total. The van der Waals surface area contributed by atoms with Gasteiger partial charge in [-0.2, -0.15) is 0 Å². The number of halogens is 2. The smallest absolute Gasteiger partial charge is 0.297 e. The molecule has 1 heterocycles. The Hall–Kier alpha value is -3.02. The first-order chi connectivity index (χ1) is 12.1. The maximum absolute atomic E-state index is 13.4. The summed E-state index contributed by atoms with van der Waals surface area (Å²) >= 11 is 0. The second kappa shape index (κ2) is 7.70. The molecule has 0 aliphatic heterocycles. The molecule has 3 rings (SSSR count). The summed E-state index contributed by atoms with van der Waals surface area (Å²) in [5.41, 5.74) is 1.07. The van der Waals surface area contributed by atoms with E-state index in [1.54, 1.807) is 0 Å². The lowest BCUT2D eigenvalue weighted by atomic mass is 10.1. The van der Waals surface area contributed by atoms with Gasteiger partial charge in [0.05, 0.1) is 5.69 Å². The number of nitrogens with zero attached hydrogens (tertiary/aromatic N) is 2. The summed E-state index contributed by atoms with van der Waals surface area (Å²) in [6, 6.07) is 13.4. The van der Waals surface area contributed by atoms with Crippen LogP contribution in [0.4, 0.5) is 14.6 Å². The minimum absolute atomic E-state index is 0.181. The molecule has 0 aliphatic rings. The van der Waals surface area contributed by atoms with Gasteiger partial charge in [0.1, 0.15) is 0 Å². The van der Waals surface area contributed by atoms with Crippen LogP contribution in [0.5, 0.6) is 0 Å². The number of anilines is 1. The van der Waals surface area contributed by atoms with E-state index in [0.717, 1.165) is 25.0 Å². The molecule has 0 spiro atoms. The molecule has 1 N–H and O–H groups in total. The highest BCUT2D eigenvalue weighted by atomic mass is 19.2. The van der Waals surface area contributed by atoms with Crippen LogP contribution in [0.2, 0.25) is 0 Å². The zero-order valence-electron chi connectivity index (χ0n) is 13.5. The van der Waals surface area contributed by atoms with Crippen LogP contribution in [0.25, 0.3) is 5.69 Å². The molecule has 0 atom stereocenters. The molecule has 0 unspecified atom stereocenters. The third kappa shape index (κ3) is 4.09. The van der Waals surface area contributed by atoms with Crippen LogP contribution in [0.3, 0.4) is 0 Å². The summed E-state index contributed by atoms with van der Waals surface area (Å²) in [6.45, 7) is 0.582. The predicted octanol–water partition coefficient (Wildman–Crippen LogP) is 3.56. The molecule has 0 amide bonds. The molecule has 0 saturated carbocycles. The third-order valence-electron chi connectivity index (χ3n) is 3.80. The summed E-state index contributed by atoms with van der Waals surface area (Å²) in [5.74, 6) is -1.77. The largest absolute Gasteiger partial charge is 0.365 e. The molecule has 25 heavy (non-hydrogen) atoms. The van der Waals surface area contributed by atoms with Gasteiger partial charge < -0.3 is 5.32 Å². The van der Waals surface area contributed by atoms with Crippen LogP contribution in [0, 0.1) is 11.6 Å². The van der Waals surface area contributed by atoms with Crippen molar-refractivity contribution in [1.29, 1.82) is 0 Å². The Balaban J connectivity index is 1.68. The minimum atomic E-state index is -1.00. The average molecular weight is 341 g/mol. The van der Waals surface area contributed by atoms with Crippen molar-refractivity contribution in [1.82, 2.24) is 9.55 Å². The fraction of sp³-hybridized carbons (Fsp3) is 0.158. The van der Waals surface area contributed by atoms with Crippen LogP contribution in [-0.2, 0) is 6.42 Å². The van der Waals surface area contributed by atoms with Gasteiger partial charge in [-0.3, -0.25) is 9.36 Å². The average Bonchev–Trinajstić information content (AvgIpc) is 2.63. The van der Waals surface area contributed by atoms with E-state index in [1.807, 2.05) is 18.2 Å². The van der Waals surface area contributed by atoms with Gasteiger partial charge in [-0.1, -0.05) is 30.3 Å². The molecule has 0 radical (unpaired) electrons. The van der Waals surface area contributed by atoms with E-state index >= 15 is 0 Å². The molecule has 0 aliphatic carbocycles. The molecule has 0 bridgehead atoms. The van der Waals surface area contributed by atoms with E-state index in [2.05, 4.69) is 22.4 Å². The van der Waals surface area contributed by atoms with Crippen LogP contribution in [0.15, 0.2) is 65.7 Å². The second-order valence-corrected chi connectivity index (χ2v) is 5.57. The zero-order valence-corrected chi connectivity index (χ0v) is 13.5. The number of hydrogen-bond acceptors (Lipinski definition) is 3. The maximum atomic E-state index is 13.4. The Morgan fingerprint density at radius 2 is 1.84 bits per heavy atom. The number of nitrogens with one attached hydrogen (secondary N) is 1. The maximum Gasteiger partial charge on any atom is 0.297 e. The Bertz CT molecular complexity index is 910. The first-order valence-corrected chi connectivity index (χ1v) is 7.96. The lowest BCUT2D eigenvalue weighted by Crippen LogP contribution is -2.23. The number of aryl methyl sites for hydroxylation is 1. The van der Waals surface area contributed by atoms with Crippen molar-refractivity contribution in [2.75, 3.05) is 11.9 Å². The van der Waals surface area contributed by atoms with Gasteiger partial charge in [0, 0.05) is 25.0 Å². The molecule has 2 aromatic carbocycles. The lowest BCUT2D eigenvalue weighted by Gasteiger charge is -2.09. The van der Waals surface area contributed by atoms with E-state index in [0.29, 0.717) is 6.54 Å². The molecule has 3 aromatic rings. The summed E-state index contributed by atoms with van der Waals surface area (Å²) in [4.78, 5) is 16.5. The quantitative estimate of drug-likeness (QED) is 0.698. The van der Waals surface area contributed by atoms with Gasteiger partial charge in [0.15, 0.2) is 17.5 Å². The van der Waals surface area contributed by atoms with Crippen molar-refractivity contribution >= 4 is 5.82 Å². The highest BCUT2D eigenvalue weighted by Gasteiger charge is 2.09. The number of rotatable bonds is 6. The molecule has 0 saturated heterocycles. The van der Waals surface area contributed by atoms with Crippen molar-refractivity contribution in [3.05, 3.63) is 88.5 Å². The van der Waals surface area contributed by atoms with Crippen LogP contribution in [0.1, 0.15) is 12.0 Å². The second-order valence-electron chi connectivity index (χ2n) is 5.57. The van der Waals surface area contributed by atoms with E-state index in [-0.39, 0.29) is 11.5 Å². The molecule has 6 heteroatoms. The van der Waals surface area contributed by atoms with Gasteiger partial charge in [-0.15, -0.1) is 0 Å². The summed E-state index contributed by atoms with van der Waals surface area (Å²) in [7, 11) is 0.